The summed E-state index contributed by atoms with van der Waals surface area (Å²) >= 11 is 0. The van der Waals surface area contributed by atoms with Gasteiger partial charge in [-0.05, 0) is 34.6 Å². The Morgan fingerprint density at radius 1 is 1.04 bits per heavy atom. The van der Waals surface area contributed by atoms with Crippen molar-refractivity contribution in [2.24, 2.45) is 5.73 Å². The number of amides is 2. The molecule has 0 aliphatic carbocycles. The van der Waals surface area contributed by atoms with Crippen molar-refractivity contribution in [3.63, 3.8) is 0 Å². The van der Waals surface area contributed by atoms with Crippen molar-refractivity contribution in [1.29, 1.82) is 0 Å². The van der Waals surface area contributed by atoms with Gasteiger partial charge in [-0.15, -0.1) is 0 Å². The SMILES string of the molecule is COc1nc(C(C)(C)NC(=O)OC(C)(C)C)nc(C(N)=O)c1OC. The normalized spacial score (nSPS) is 11.6. The quantitative estimate of drug-likeness (QED) is 0.828. The van der Waals surface area contributed by atoms with Crippen molar-refractivity contribution in [2.45, 2.75) is 45.8 Å². The lowest BCUT2D eigenvalue weighted by molar-refractivity contribution is 0.0465. The fourth-order valence-corrected chi connectivity index (χ4v) is 1.81. The highest BCUT2D eigenvalue weighted by molar-refractivity contribution is 5.94. The smallest absolute Gasteiger partial charge is 0.408 e. The third kappa shape index (κ3) is 4.71. The van der Waals surface area contributed by atoms with Crippen molar-refractivity contribution >= 4 is 12.0 Å². The van der Waals surface area contributed by atoms with Crippen LogP contribution in [0.1, 0.15) is 50.9 Å². The number of aromatic nitrogens is 2. The average molecular weight is 340 g/mol. The summed E-state index contributed by atoms with van der Waals surface area (Å²) in [6, 6.07) is 0. The third-order valence-corrected chi connectivity index (χ3v) is 2.84. The predicted octanol–water partition coefficient (Wildman–Crippen LogP) is 1.35. The zero-order valence-electron chi connectivity index (χ0n) is 15.0. The first-order chi connectivity index (χ1) is 10.9. The van der Waals surface area contributed by atoms with E-state index >= 15 is 0 Å². The van der Waals surface area contributed by atoms with E-state index in [0.29, 0.717) is 0 Å². The first kappa shape index (κ1) is 19.5. The van der Waals surface area contributed by atoms with Gasteiger partial charge in [-0.3, -0.25) is 4.79 Å². The summed E-state index contributed by atoms with van der Waals surface area (Å²) in [5, 5.41) is 2.65. The lowest BCUT2D eigenvalue weighted by Gasteiger charge is -2.28. The van der Waals surface area contributed by atoms with Crippen LogP contribution < -0.4 is 20.5 Å². The molecule has 0 aromatic carbocycles. The maximum Gasteiger partial charge on any atom is 0.408 e. The summed E-state index contributed by atoms with van der Waals surface area (Å²) in [5.41, 5.74) is 3.49. The lowest BCUT2D eigenvalue weighted by atomic mass is 10.0. The average Bonchev–Trinajstić information content (AvgIpc) is 2.42. The van der Waals surface area contributed by atoms with Crippen molar-refractivity contribution in [3.8, 4) is 11.6 Å². The van der Waals surface area contributed by atoms with Crippen LogP contribution in [0.4, 0.5) is 4.79 Å². The lowest BCUT2D eigenvalue weighted by Crippen LogP contribution is -2.45. The van der Waals surface area contributed by atoms with Crippen LogP contribution in [0.2, 0.25) is 0 Å². The standard InChI is InChI=1S/C15H24N4O5/c1-14(2,3)24-13(21)19-15(4,5)12-17-8(10(16)20)9(22-6)11(18-12)23-7/h1-7H3,(H2,16,20)(H,19,21). The van der Waals surface area contributed by atoms with Gasteiger partial charge in [0.25, 0.3) is 11.8 Å². The summed E-state index contributed by atoms with van der Waals surface area (Å²) in [5.74, 6) is -0.612. The van der Waals surface area contributed by atoms with E-state index in [2.05, 4.69) is 15.3 Å². The van der Waals surface area contributed by atoms with E-state index in [9.17, 15) is 9.59 Å². The van der Waals surface area contributed by atoms with Crippen LogP contribution in [0.5, 0.6) is 11.6 Å². The van der Waals surface area contributed by atoms with Crippen LogP contribution in [0.15, 0.2) is 0 Å². The van der Waals surface area contributed by atoms with Gasteiger partial charge >= 0.3 is 6.09 Å². The van der Waals surface area contributed by atoms with Crippen LogP contribution in [0.25, 0.3) is 0 Å². The molecule has 24 heavy (non-hydrogen) atoms. The maximum absolute atomic E-state index is 12.0. The van der Waals surface area contributed by atoms with E-state index < -0.39 is 23.1 Å². The summed E-state index contributed by atoms with van der Waals surface area (Å²) in [7, 11) is 2.71. The van der Waals surface area contributed by atoms with E-state index in [-0.39, 0.29) is 23.1 Å². The third-order valence-electron chi connectivity index (χ3n) is 2.84. The minimum atomic E-state index is -1.05. The number of hydrogen-bond donors (Lipinski definition) is 2. The number of nitrogens with one attached hydrogen (secondary N) is 1. The number of primary amides is 1. The molecule has 9 nitrogen and oxygen atoms in total. The summed E-state index contributed by atoms with van der Waals surface area (Å²) < 4.78 is 15.4. The van der Waals surface area contributed by atoms with Gasteiger partial charge in [-0.2, -0.15) is 4.98 Å². The van der Waals surface area contributed by atoms with Crippen LogP contribution >= 0.6 is 0 Å². The Morgan fingerprint density at radius 2 is 1.62 bits per heavy atom. The van der Waals surface area contributed by atoms with Gasteiger partial charge in [0.1, 0.15) is 5.60 Å². The Bertz CT molecular complexity index is 637. The molecule has 0 fully saturated rings. The van der Waals surface area contributed by atoms with Crippen LogP contribution in [-0.4, -0.2) is 41.8 Å². The molecule has 0 saturated heterocycles. The van der Waals surface area contributed by atoms with Gasteiger partial charge in [0.15, 0.2) is 11.5 Å². The topological polar surface area (TPSA) is 126 Å². The molecule has 134 valence electrons. The number of alkyl carbamates (subject to hydrolysis) is 1. The number of methoxy groups -OCH3 is 2. The zero-order valence-corrected chi connectivity index (χ0v) is 15.0. The van der Waals surface area contributed by atoms with Crippen molar-refractivity contribution in [2.75, 3.05) is 14.2 Å². The molecule has 1 heterocycles. The number of hydrogen-bond acceptors (Lipinski definition) is 7. The van der Waals surface area contributed by atoms with Gasteiger partial charge < -0.3 is 25.3 Å². The summed E-state index contributed by atoms with van der Waals surface area (Å²) in [6.45, 7) is 8.55. The molecule has 2 amide bonds. The van der Waals surface area contributed by atoms with Crippen LogP contribution in [0, 0.1) is 0 Å². The Labute approximate surface area is 140 Å². The Balaban J connectivity index is 3.26. The highest BCUT2D eigenvalue weighted by Gasteiger charge is 2.32. The Morgan fingerprint density at radius 3 is 2.04 bits per heavy atom. The molecule has 1 aromatic rings. The fraction of sp³-hybridized carbons (Fsp3) is 0.600. The molecule has 0 aliphatic rings. The largest absolute Gasteiger partial charge is 0.490 e. The second-order valence-corrected chi connectivity index (χ2v) is 6.55. The molecule has 9 heteroatoms. The van der Waals surface area contributed by atoms with Crippen LogP contribution in [-0.2, 0) is 10.3 Å². The highest BCUT2D eigenvalue weighted by atomic mass is 16.6. The minimum Gasteiger partial charge on any atom is -0.490 e. The van der Waals surface area contributed by atoms with Gasteiger partial charge in [-0.1, -0.05) is 0 Å². The first-order valence-electron chi connectivity index (χ1n) is 7.22. The number of ether oxygens (including phenoxy) is 3. The Hall–Kier alpha value is -2.58. The molecule has 1 aromatic heterocycles. The monoisotopic (exact) mass is 340 g/mol. The van der Waals surface area contributed by atoms with E-state index in [0.717, 1.165) is 0 Å². The number of nitrogens with zero attached hydrogens (tertiary/aromatic N) is 2. The van der Waals surface area contributed by atoms with Crippen molar-refractivity contribution < 1.29 is 23.8 Å². The number of nitrogens with two attached hydrogens (primary N) is 1. The van der Waals surface area contributed by atoms with Gasteiger partial charge in [0, 0.05) is 0 Å². The summed E-state index contributed by atoms with van der Waals surface area (Å²) in [4.78, 5) is 31.9. The molecule has 1 rings (SSSR count). The maximum atomic E-state index is 12.0. The molecule has 0 aliphatic heterocycles. The molecule has 0 radical (unpaired) electrons. The number of carbonyl (C=O) groups is 2. The minimum absolute atomic E-state index is 0.0295. The van der Waals surface area contributed by atoms with Gasteiger partial charge in [0.2, 0.25) is 5.75 Å². The molecule has 0 unspecified atom stereocenters. The second-order valence-electron chi connectivity index (χ2n) is 6.55. The predicted molar refractivity (Wildman–Crippen MR) is 86.0 cm³/mol. The molecule has 0 bridgehead atoms. The second kappa shape index (κ2) is 6.90. The van der Waals surface area contributed by atoms with Crippen molar-refractivity contribution in [1.82, 2.24) is 15.3 Å². The fourth-order valence-electron chi connectivity index (χ4n) is 1.81. The number of carbonyl (C=O) groups excluding carboxylic acids is 2. The Kier molecular flexibility index (Phi) is 5.59. The highest BCUT2D eigenvalue weighted by Crippen LogP contribution is 2.30. The molecule has 3 N–H and O–H groups in total. The van der Waals surface area contributed by atoms with Gasteiger partial charge in [0.05, 0.1) is 19.8 Å². The summed E-state index contributed by atoms with van der Waals surface area (Å²) in [6.07, 6.45) is -0.647. The number of rotatable bonds is 5. The molecular weight excluding hydrogens is 316 g/mol. The van der Waals surface area contributed by atoms with Crippen molar-refractivity contribution in [3.05, 3.63) is 11.5 Å². The van der Waals surface area contributed by atoms with E-state index in [1.807, 2.05) is 0 Å². The molecule has 0 saturated carbocycles. The van der Waals surface area contributed by atoms with E-state index in [1.165, 1.54) is 14.2 Å². The first-order valence-corrected chi connectivity index (χ1v) is 7.22. The molecule has 0 atom stereocenters. The van der Waals surface area contributed by atoms with E-state index in [1.54, 1.807) is 34.6 Å². The zero-order chi connectivity index (χ0) is 18.7. The molecular formula is C15H24N4O5. The van der Waals surface area contributed by atoms with E-state index in [4.69, 9.17) is 19.9 Å². The van der Waals surface area contributed by atoms with Gasteiger partial charge in [-0.25, -0.2) is 9.78 Å². The van der Waals surface area contributed by atoms with Crippen LogP contribution in [0.3, 0.4) is 0 Å². The molecule has 0 spiro atoms.